The van der Waals surface area contributed by atoms with Gasteiger partial charge in [-0.2, -0.15) is 5.10 Å². The molecule has 0 saturated heterocycles. The Hall–Kier alpha value is -1.64. The van der Waals surface area contributed by atoms with E-state index in [1.807, 2.05) is 18.2 Å². The molecule has 0 aliphatic carbocycles. The van der Waals surface area contributed by atoms with Crippen molar-refractivity contribution in [3.8, 4) is 0 Å². The van der Waals surface area contributed by atoms with Crippen LogP contribution in [0.4, 0.5) is 5.69 Å². The lowest BCUT2D eigenvalue weighted by Crippen LogP contribution is -1.83. The normalized spacial score (nSPS) is 10.2. The average Bonchev–Trinajstić information content (AvgIpc) is 2.06. The second-order valence-electron chi connectivity index (χ2n) is 2.27. The van der Waals surface area contributed by atoms with Crippen LogP contribution in [0.1, 0.15) is 0 Å². The van der Waals surface area contributed by atoms with E-state index in [4.69, 9.17) is 5.73 Å². The summed E-state index contributed by atoms with van der Waals surface area (Å²) in [4.78, 5) is 0. The summed E-state index contributed by atoms with van der Waals surface area (Å²) < 4.78 is 0. The van der Waals surface area contributed by atoms with Crippen LogP contribution in [0.15, 0.2) is 30.5 Å². The van der Waals surface area contributed by atoms with Crippen LogP contribution in [0.3, 0.4) is 0 Å². The molecule has 0 saturated carbocycles. The summed E-state index contributed by atoms with van der Waals surface area (Å²) in [6.07, 6.45) is 1.63. The number of benzene rings is 1. The molecule has 1 heterocycles. The predicted octanol–water partition coefficient (Wildman–Crippen LogP) is 1.54. The highest BCUT2D eigenvalue weighted by Crippen LogP contribution is 2.17. The third kappa shape index (κ3) is 0.902. The fraction of sp³-hybridized carbons (Fsp3) is 0. The lowest BCUT2D eigenvalue weighted by molar-refractivity contribution is 1.07. The van der Waals surface area contributed by atoms with E-state index in [2.05, 4.69) is 10.2 Å². The topological polar surface area (TPSA) is 49.6 Å². The first-order chi connectivity index (χ1) is 5.38. The molecule has 0 spiro atoms. The Balaban J connectivity index is 2.91. The van der Waals surface area contributed by atoms with Crippen molar-refractivity contribution in [1.82, 2.24) is 15.9 Å². The van der Waals surface area contributed by atoms with Crippen molar-refractivity contribution in [3.63, 3.8) is 0 Å². The van der Waals surface area contributed by atoms with Gasteiger partial charge in [0.1, 0.15) is 5.52 Å². The molecule has 3 heteroatoms. The molecular weight excluding hydrogens is 138 g/mol. The molecule has 1 aromatic carbocycles. The maximum Gasteiger partial charge on any atom is 0.118 e. The van der Waals surface area contributed by atoms with Gasteiger partial charge in [0.25, 0.3) is 0 Å². The second-order valence-corrected chi connectivity index (χ2v) is 2.27. The highest BCUT2D eigenvalue weighted by atomic mass is 15.1. The maximum absolute atomic E-state index is 7.46. The maximum atomic E-state index is 7.46. The van der Waals surface area contributed by atoms with E-state index in [0.29, 0.717) is 11.2 Å². The van der Waals surface area contributed by atoms with Gasteiger partial charge in [-0.15, -0.1) is 5.10 Å². The first-order valence-electron chi connectivity index (χ1n) is 3.30. The smallest absolute Gasteiger partial charge is 0.118 e. The minimum atomic E-state index is 0.426. The number of hydrogen-bond donors (Lipinski definition) is 0. The molecule has 0 unspecified atom stereocenters. The van der Waals surface area contributed by atoms with Crippen molar-refractivity contribution in [2.45, 2.75) is 0 Å². The van der Waals surface area contributed by atoms with Gasteiger partial charge < -0.3 is 0 Å². The average molecular weight is 144 g/mol. The van der Waals surface area contributed by atoms with Crippen LogP contribution in [0, 0.1) is 0 Å². The lowest BCUT2D eigenvalue weighted by Gasteiger charge is -1.95. The van der Waals surface area contributed by atoms with Crippen LogP contribution in [-0.2, 0) is 0 Å². The molecule has 0 fully saturated rings. The molecule has 0 amide bonds. The van der Waals surface area contributed by atoms with Crippen LogP contribution in [0.2, 0.25) is 0 Å². The van der Waals surface area contributed by atoms with Crippen LogP contribution >= 0.6 is 0 Å². The van der Waals surface area contributed by atoms with Gasteiger partial charge in [-0.1, -0.05) is 12.1 Å². The molecular formula is C8H6N3. The molecule has 0 aliphatic heterocycles. The summed E-state index contributed by atoms with van der Waals surface area (Å²) in [5, 5.41) is 8.51. The minimum Gasteiger partial charge on any atom is -0.299 e. The van der Waals surface area contributed by atoms with Crippen molar-refractivity contribution < 1.29 is 0 Å². The van der Waals surface area contributed by atoms with Gasteiger partial charge in [0.2, 0.25) is 0 Å². The summed E-state index contributed by atoms with van der Waals surface area (Å²) in [5.41, 5.74) is 8.55. The summed E-state index contributed by atoms with van der Waals surface area (Å²) in [6, 6.07) is 7.31. The Labute approximate surface area is 63.9 Å². The van der Waals surface area contributed by atoms with Gasteiger partial charge in [0, 0.05) is 5.39 Å². The summed E-state index contributed by atoms with van der Waals surface area (Å²) in [7, 11) is 0. The first-order valence-corrected chi connectivity index (χ1v) is 3.30. The van der Waals surface area contributed by atoms with Crippen molar-refractivity contribution in [3.05, 3.63) is 30.5 Å². The lowest BCUT2D eigenvalue weighted by atomic mass is 10.2. The number of fused-ring (bicyclic) bond motifs is 1. The molecule has 53 valence electrons. The standard InChI is InChI=1S/C8H6N3/c9-7-3-1-2-6-4-5-10-11-8(6)7/h1-5,9H. The Morgan fingerprint density at radius 3 is 2.91 bits per heavy atom. The molecule has 2 rings (SSSR count). The molecule has 0 bridgehead atoms. The quantitative estimate of drug-likeness (QED) is 0.563. The van der Waals surface area contributed by atoms with Gasteiger partial charge in [0.15, 0.2) is 0 Å². The Kier molecular flexibility index (Phi) is 1.22. The van der Waals surface area contributed by atoms with Crippen LogP contribution < -0.4 is 5.73 Å². The van der Waals surface area contributed by atoms with Gasteiger partial charge in [-0.3, -0.25) is 5.73 Å². The summed E-state index contributed by atoms with van der Waals surface area (Å²) in [5.74, 6) is 0. The number of rotatable bonds is 0. The Morgan fingerprint density at radius 2 is 2.09 bits per heavy atom. The molecule has 0 aliphatic rings. The third-order valence-electron chi connectivity index (χ3n) is 1.55. The fourth-order valence-electron chi connectivity index (χ4n) is 1.01. The monoisotopic (exact) mass is 144 g/mol. The molecule has 11 heavy (non-hydrogen) atoms. The predicted molar refractivity (Wildman–Crippen MR) is 42.3 cm³/mol. The largest absolute Gasteiger partial charge is 0.299 e. The van der Waals surface area contributed by atoms with Crippen molar-refractivity contribution in [2.75, 3.05) is 0 Å². The molecule has 0 atom stereocenters. The molecule has 1 radical (unpaired) electrons. The first kappa shape index (κ1) is 6.09. The van der Waals surface area contributed by atoms with Gasteiger partial charge >= 0.3 is 0 Å². The minimum absolute atomic E-state index is 0.426. The zero-order valence-corrected chi connectivity index (χ0v) is 5.78. The SMILES string of the molecule is [NH]c1cccc2ccnnc12. The van der Waals surface area contributed by atoms with Crippen LogP contribution in [0.25, 0.3) is 10.9 Å². The van der Waals surface area contributed by atoms with E-state index < -0.39 is 0 Å². The Morgan fingerprint density at radius 1 is 1.18 bits per heavy atom. The Bertz CT molecular complexity index is 378. The van der Waals surface area contributed by atoms with Crippen molar-refractivity contribution >= 4 is 16.6 Å². The zero-order chi connectivity index (χ0) is 7.68. The highest BCUT2D eigenvalue weighted by Gasteiger charge is 1.96. The van der Waals surface area contributed by atoms with E-state index in [1.54, 1.807) is 12.3 Å². The molecule has 1 aromatic heterocycles. The number of aromatic nitrogens is 2. The highest BCUT2D eigenvalue weighted by molar-refractivity contribution is 5.87. The molecule has 3 nitrogen and oxygen atoms in total. The fourth-order valence-corrected chi connectivity index (χ4v) is 1.01. The summed E-state index contributed by atoms with van der Waals surface area (Å²) >= 11 is 0. The van der Waals surface area contributed by atoms with Crippen LogP contribution in [0.5, 0.6) is 0 Å². The van der Waals surface area contributed by atoms with E-state index in [-0.39, 0.29) is 0 Å². The molecule has 1 N–H and O–H groups in total. The van der Waals surface area contributed by atoms with E-state index in [1.165, 1.54) is 0 Å². The second kappa shape index (κ2) is 2.20. The zero-order valence-electron chi connectivity index (χ0n) is 5.78. The van der Waals surface area contributed by atoms with Gasteiger partial charge in [-0.05, 0) is 12.1 Å². The number of nitrogens with zero attached hydrogens (tertiary/aromatic N) is 2. The van der Waals surface area contributed by atoms with Crippen molar-refractivity contribution in [2.24, 2.45) is 0 Å². The number of nitrogens with one attached hydrogen (secondary N) is 1. The van der Waals surface area contributed by atoms with E-state index in [9.17, 15) is 0 Å². The number of hydrogen-bond acceptors (Lipinski definition) is 2. The molecule has 2 aromatic rings. The van der Waals surface area contributed by atoms with Gasteiger partial charge in [-0.25, -0.2) is 0 Å². The summed E-state index contributed by atoms with van der Waals surface area (Å²) in [6.45, 7) is 0. The van der Waals surface area contributed by atoms with Crippen LogP contribution in [-0.4, -0.2) is 10.2 Å². The van der Waals surface area contributed by atoms with Gasteiger partial charge in [0.05, 0.1) is 11.9 Å². The van der Waals surface area contributed by atoms with Crippen molar-refractivity contribution in [1.29, 1.82) is 0 Å². The third-order valence-corrected chi connectivity index (χ3v) is 1.55. The van der Waals surface area contributed by atoms with E-state index >= 15 is 0 Å². The van der Waals surface area contributed by atoms with E-state index in [0.717, 1.165) is 5.39 Å².